The number of nitrogens with two attached hydrogens (primary N) is 1. The summed E-state index contributed by atoms with van der Waals surface area (Å²) in [6, 6.07) is 3.97. The Kier molecular flexibility index (Phi) is 4.48. The zero-order valence-corrected chi connectivity index (χ0v) is 8.55. The van der Waals surface area contributed by atoms with Crippen LogP contribution >= 0.6 is 11.6 Å². The molecule has 0 heterocycles. The second kappa shape index (κ2) is 5.65. The molecule has 82 valence electrons. The van der Waals surface area contributed by atoms with Crippen molar-refractivity contribution in [2.75, 3.05) is 13.2 Å². The lowest BCUT2D eigenvalue weighted by Gasteiger charge is -2.06. The summed E-state index contributed by atoms with van der Waals surface area (Å²) in [5.41, 5.74) is 6.94. The topological polar surface area (TPSA) is 64.3 Å². The van der Waals surface area contributed by atoms with Crippen molar-refractivity contribution >= 4 is 17.5 Å². The number of amides is 1. The lowest BCUT2D eigenvalue weighted by molar-refractivity contribution is 0.0340. The Morgan fingerprint density at radius 2 is 2.33 bits per heavy atom. The third-order valence-corrected chi connectivity index (χ3v) is 1.89. The van der Waals surface area contributed by atoms with E-state index in [1.165, 1.54) is 12.1 Å². The summed E-state index contributed by atoms with van der Waals surface area (Å²) in [5.74, 6) is -1.43. The van der Waals surface area contributed by atoms with Crippen LogP contribution in [-0.4, -0.2) is 19.1 Å². The highest BCUT2D eigenvalue weighted by molar-refractivity contribution is 6.33. The highest BCUT2D eigenvalue weighted by atomic mass is 35.5. The Hall–Kier alpha value is -1.17. The smallest absolute Gasteiger partial charge is 0.279 e. The maximum absolute atomic E-state index is 13.2. The molecule has 0 aliphatic rings. The van der Waals surface area contributed by atoms with Crippen LogP contribution in [0.1, 0.15) is 10.4 Å². The summed E-state index contributed by atoms with van der Waals surface area (Å²) in [6.45, 7) is 0.406. The second-order valence-corrected chi connectivity index (χ2v) is 3.07. The molecule has 15 heavy (non-hydrogen) atoms. The van der Waals surface area contributed by atoms with Crippen LogP contribution < -0.4 is 11.2 Å². The molecular formula is C9H10ClFN2O2. The van der Waals surface area contributed by atoms with E-state index in [4.69, 9.17) is 17.3 Å². The Bertz CT molecular complexity index is 340. The summed E-state index contributed by atoms with van der Waals surface area (Å²) in [6.07, 6.45) is 0. The van der Waals surface area contributed by atoms with Crippen LogP contribution in [-0.2, 0) is 4.84 Å². The van der Waals surface area contributed by atoms with E-state index in [2.05, 4.69) is 4.84 Å². The zero-order valence-electron chi connectivity index (χ0n) is 7.80. The van der Waals surface area contributed by atoms with Crippen LogP contribution in [0.4, 0.5) is 4.39 Å². The molecular weight excluding hydrogens is 223 g/mol. The van der Waals surface area contributed by atoms with Gasteiger partial charge in [-0.3, -0.25) is 9.63 Å². The first kappa shape index (κ1) is 11.9. The standard InChI is InChI=1S/C9H10ClFN2O2/c10-6-2-1-3-7(11)8(6)9(14)13-15-5-4-12/h1-3H,4-5,12H2,(H,13,14). The van der Waals surface area contributed by atoms with Crippen molar-refractivity contribution in [3.05, 3.63) is 34.6 Å². The molecule has 0 saturated carbocycles. The van der Waals surface area contributed by atoms with Gasteiger partial charge in [-0.15, -0.1) is 0 Å². The molecule has 6 heteroatoms. The minimum Gasteiger partial charge on any atom is -0.328 e. The molecule has 1 aromatic carbocycles. The number of halogens is 2. The summed E-state index contributed by atoms with van der Waals surface area (Å²) >= 11 is 5.66. The molecule has 0 aromatic heterocycles. The molecule has 1 aromatic rings. The molecule has 0 aliphatic carbocycles. The SMILES string of the molecule is NCCONC(=O)c1c(F)cccc1Cl. The molecule has 0 fully saturated rings. The van der Waals surface area contributed by atoms with Gasteiger partial charge in [-0.1, -0.05) is 17.7 Å². The first-order chi connectivity index (χ1) is 7.16. The lowest BCUT2D eigenvalue weighted by atomic mass is 10.2. The average molecular weight is 233 g/mol. The molecule has 0 aliphatic heterocycles. The summed E-state index contributed by atoms with van der Waals surface area (Å²) < 4.78 is 13.2. The average Bonchev–Trinajstić information content (AvgIpc) is 2.18. The predicted octanol–water partition coefficient (Wildman–Crippen LogP) is 1.10. The first-order valence-electron chi connectivity index (χ1n) is 4.23. The first-order valence-corrected chi connectivity index (χ1v) is 4.61. The molecule has 0 atom stereocenters. The largest absolute Gasteiger partial charge is 0.328 e. The molecule has 0 unspecified atom stereocenters. The van der Waals surface area contributed by atoms with Crippen LogP contribution in [0.2, 0.25) is 5.02 Å². The van der Waals surface area contributed by atoms with Crippen LogP contribution in [0.15, 0.2) is 18.2 Å². The fourth-order valence-corrected chi connectivity index (χ4v) is 1.19. The molecule has 0 bridgehead atoms. The monoisotopic (exact) mass is 232 g/mol. The minimum absolute atomic E-state index is 0.0313. The molecule has 3 N–H and O–H groups in total. The van der Waals surface area contributed by atoms with E-state index < -0.39 is 11.7 Å². The molecule has 1 amide bonds. The van der Waals surface area contributed by atoms with Gasteiger partial charge in [0.05, 0.1) is 17.2 Å². The summed E-state index contributed by atoms with van der Waals surface area (Å²) in [7, 11) is 0. The van der Waals surface area contributed by atoms with E-state index in [1.807, 2.05) is 5.48 Å². The van der Waals surface area contributed by atoms with Crippen LogP contribution in [0.3, 0.4) is 0 Å². The third kappa shape index (κ3) is 3.16. The quantitative estimate of drug-likeness (QED) is 0.604. The molecule has 1 rings (SSSR count). The van der Waals surface area contributed by atoms with Gasteiger partial charge in [-0.05, 0) is 12.1 Å². The summed E-state index contributed by atoms with van der Waals surface area (Å²) in [5, 5.41) is 0.0313. The van der Waals surface area contributed by atoms with Crippen LogP contribution in [0.25, 0.3) is 0 Å². The molecule has 0 saturated heterocycles. The van der Waals surface area contributed by atoms with Crippen molar-refractivity contribution in [3.63, 3.8) is 0 Å². The Morgan fingerprint density at radius 3 is 2.93 bits per heavy atom. The number of nitrogens with one attached hydrogen (secondary N) is 1. The van der Waals surface area contributed by atoms with Gasteiger partial charge in [0.2, 0.25) is 0 Å². The number of hydrogen-bond acceptors (Lipinski definition) is 3. The highest BCUT2D eigenvalue weighted by Gasteiger charge is 2.15. The molecule has 0 spiro atoms. The normalized spacial score (nSPS) is 10.1. The van der Waals surface area contributed by atoms with Crippen molar-refractivity contribution in [1.29, 1.82) is 0 Å². The fraction of sp³-hybridized carbons (Fsp3) is 0.222. The van der Waals surface area contributed by atoms with E-state index in [1.54, 1.807) is 0 Å². The lowest BCUT2D eigenvalue weighted by Crippen LogP contribution is -2.27. The van der Waals surface area contributed by atoms with Gasteiger partial charge in [0.25, 0.3) is 5.91 Å². The van der Waals surface area contributed by atoms with Gasteiger partial charge >= 0.3 is 0 Å². The van der Waals surface area contributed by atoms with Crippen LogP contribution in [0.5, 0.6) is 0 Å². The number of benzene rings is 1. The van der Waals surface area contributed by atoms with Crippen molar-refractivity contribution < 1.29 is 14.0 Å². The van der Waals surface area contributed by atoms with E-state index in [-0.39, 0.29) is 23.7 Å². The maximum atomic E-state index is 13.2. The number of carbonyl (C=O) groups excluding carboxylic acids is 1. The van der Waals surface area contributed by atoms with Crippen molar-refractivity contribution in [2.45, 2.75) is 0 Å². The van der Waals surface area contributed by atoms with E-state index >= 15 is 0 Å². The van der Waals surface area contributed by atoms with E-state index in [9.17, 15) is 9.18 Å². The van der Waals surface area contributed by atoms with Gasteiger partial charge in [-0.2, -0.15) is 0 Å². The summed E-state index contributed by atoms with van der Waals surface area (Å²) in [4.78, 5) is 16.0. The predicted molar refractivity (Wildman–Crippen MR) is 53.9 cm³/mol. The number of hydroxylamine groups is 1. The maximum Gasteiger partial charge on any atom is 0.279 e. The fourth-order valence-electron chi connectivity index (χ4n) is 0.941. The van der Waals surface area contributed by atoms with Gasteiger partial charge in [0, 0.05) is 6.54 Å². The zero-order chi connectivity index (χ0) is 11.3. The molecule has 0 radical (unpaired) electrons. The van der Waals surface area contributed by atoms with Gasteiger partial charge in [0.1, 0.15) is 5.82 Å². The van der Waals surface area contributed by atoms with E-state index in [0.29, 0.717) is 0 Å². The highest BCUT2D eigenvalue weighted by Crippen LogP contribution is 2.18. The van der Waals surface area contributed by atoms with Crippen molar-refractivity contribution in [1.82, 2.24) is 5.48 Å². The number of hydrogen-bond donors (Lipinski definition) is 2. The third-order valence-electron chi connectivity index (χ3n) is 1.57. The van der Waals surface area contributed by atoms with Gasteiger partial charge in [-0.25, -0.2) is 9.87 Å². The second-order valence-electron chi connectivity index (χ2n) is 2.66. The Morgan fingerprint density at radius 1 is 1.60 bits per heavy atom. The number of rotatable bonds is 4. The van der Waals surface area contributed by atoms with Gasteiger partial charge < -0.3 is 5.73 Å². The van der Waals surface area contributed by atoms with E-state index in [0.717, 1.165) is 6.07 Å². The van der Waals surface area contributed by atoms with Crippen LogP contribution in [0, 0.1) is 5.82 Å². The molecule has 4 nitrogen and oxygen atoms in total. The van der Waals surface area contributed by atoms with Crippen molar-refractivity contribution in [2.24, 2.45) is 5.73 Å². The Labute approximate surface area is 91.1 Å². The number of carbonyl (C=O) groups is 1. The van der Waals surface area contributed by atoms with Gasteiger partial charge in [0.15, 0.2) is 0 Å². The minimum atomic E-state index is -0.730. The van der Waals surface area contributed by atoms with Crippen molar-refractivity contribution in [3.8, 4) is 0 Å². The Balaban J connectivity index is 2.73.